The lowest BCUT2D eigenvalue weighted by Crippen LogP contribution is -2.47. The molecule has 0 radical (unpaired) electrons. The first-order chi connectivity index (χ1) is 10.7. The lowest BCUT2D eigenvalue weighted by molar-refractivity contribution is -0.139. The predicted octanol–water partition coefficient (Wildman–Crippen LogP) is 3.28. The van der Waals surface area contributed by atoms with Crippen LogP contribution in [0.2, 0.25) is 0 Å². The monoisotopic (exact) mass is 336 g/mol. The van der Waals surface area contributed by atoms with Crippen LogP contribution in [0, 0.1) is 11.8 Å². The standard InChI is InChI=1S/C19H28N2O.ClH/c1-14(2)18(12-15-6-4-3-5-7-15)19(22)21-16-8-9-17(21)13-20-11-10-16;/h3-7,14,16-18,20H,8-13H2,1-2H3;1H. The highest BCUT2D eigenvalue weighted by atomic mass is 35.5. The number of hydrogen-bond acceptors (Lipinski definition) is 2. The minimum absolute atomic E-state index is 0. The second kappa shape index (κ2) is 8.16. The maximum Gasteiger partial charge on any atom is 0.226 e. The van der Waals surface area contributed by atoms with Crippen molar-refractivity contribution in [3.8, 4) is 0 Å². The number of halogens is 1. The first kappa shape index (κ1) is 18.3. The van der Waals surface area contributed by atoms with Crippen LogP contribution in [0.1, 0.15) is 38.7 Å². The van der Waals surface area contributed by atoms with E-state index in [4.69, 9.17) is 0 Å². The summed E-state index contributed by atoms with van der Waals surface area (Å²) in [5.41, 5.74) is 1.27. The van der Waals surface area contributed by atoms with Gasteiger partial charge in [-0.1, -0.05) is 44.2 Å². The molecule has 23 heavy (non-hydrogen) atoms. The summed E-state index contributed by atoms with van der Waals surface area (Å²) in [6.45, 7) is 6.39. The first-order valence-electron chi connectivity index (χ1n) is 8.73. The molecule has 2 heterocycles. The van der Waals surface area contributed by atoms with Crippen LogP contribution in [0.5, 0.6) is 0 Å². The zero-order valence-corrected chi connectivity index (χ0v) is 15.0. The van der Waals surface area contributed by atoms with E-state index in [0.717, 1.165) is 25.9 Å². The Balaban J connectivity index is 0.00000192. The molecule has 128 valence electrons. The number of carbonyl (C=O) groups excluding carboxylic acids is 1. The SMILES string of the molecule is CC(C)C(Cc1ccccc1)C(=O)N1C2CCNCC1CC2.Cl. The molecule has 1 aromatic rings. The molecule has 1 amide bonds. The van der Waals surface area contributed by atoms with Crippen molar-refractivity contribution >= 4 is 18.3 Å². The van der Waals surface area contributed by atoms with E-state index in [1.165, 1.54) is 18.4 Å². The molecule has 0 aromatic heterocycles. The largest absolute Gasteiger partial charge is 0.335 e. The van der Waals surface area contributed by atoms with Crippen LogP contribution in [0.3, 0.4) is 0 Å². The molecule has 4 heteroatoms. The first-order valence-corrected chi connectivity index (χ1v) is 8.73. The van der Waals surface area contributed by atoms with Gasteiger partial charge in [0.1, 0.15) is 0 Å². The Morgan fingerprint density at radius 2 is 1.87 bits per heavy atom. The van der Waals surface area contributed by atoms with Gasteiger partial charge in [0.25, 0.3) is 0 Å². The van der Waals surface area contributed by atoms with E-state index in [2.05, 4.69) is 48.3 Å². The number of rotatable bonds is 4. The Kier molecular flexibility index (Phi) is 6.49. The Morgan fingerprint density at radius 1 is 1.17 bits per heavy atom. The molecule has 3 atom stereocenters. The van der Waals surface area contributed by atoms with Crippen LogP contribution in [0.15, 0.2) is 30.3 Å². The van der Waals surface area contributed by atoms with E-state index in [-0.39, 0.29) is 18.3 Å². The van der Waals surface area contributed by atoms with E-state index >= 15 is 0 Å². The normalized spacial score (nSPS) is 24.9. The zero-order valence-electron chi connectivity index (χ0n) is 14.2. The molecule has 2 saturated heterocycles. The quantitative estimate of drug-likeness (QED) is 0.915. The lowest BCUT2D eigenvalue weighted by atomic mass is 9.87. The van der Waals surface area contributed by atoms with Crippen LogP contribution in [-0.4, -0.2) is 36.0 Å². The van der Waals surface area contributed by atoms with Crippen molar-refractivity contribution in [3.63, 3.8) is 0 Å². The second-order valence-electron chi connectivity index (χ2n) is 7.16. The van der Waals surface area contributed by atoms with Gasteiger partial charge in [-0.05, 0) is 43.7 Å². The summed E-state index contributed by atoms with van der Waals surface area (Å²) >= 11 is 0. The smallest absolute Gasteiger partial charge is 0.226 e. The topological polar surface area (TPSA) is 32.3 Å². The number of fused-ring (bicyclic) bond motifs is 2. The van der Waals surface area contributed by atoms with Crippen LogP contribution in [0.25, 0.3) is 0 Å². The third-order valence-corrected chi connectivity index (χ3v) is 5.33. The maximum absolute atomic E-state index is 13.3. The number of benzene rings is 1. The van der Waals surface area contributed by atoms with Crippen molar-refractivity contribution in [1.82, 2.24) is 10.2 Å². The van der Waals surface area contributed by atoms with Gasteiger partial charge < -0.3 is 10.2 Å². The zero-order chi connectivity index (χ0) is 15.5. The molecule has 0 spiro atoms. The minimum atomic E-state index is 0. The lowest BCUT2D eigenvalue weighted by Gasteiger charge is -2.33. The molecule has 3 unspecified atom stereocenters. The highest BCUT2D eigenvalue weighted by molar-refractivity contribution is 5.85. The summed E-state index contributed by atoms with van der Waals surface area (Å²) in [6.07, 6.45) is 4.33. The predicted molar refractivity (Wildman–Crippen MR) is 96.9 cm³/mol. The van der Waals surface area contributed by atoms with Gasteiger partial charge in [0.2, 0.25) is 5.91 Å². The average Bonchev–Trinajstić information content (AvgIpc) is 2.78. The Hall–Kier alpha value is -1.06. The van der Waals surface area contributed by atoms with Gasteiger partial charge in [-0.3, -0.25) is 4.79 Å². The number of amides is 1. The third kappa shape index (κ3) is 4.07. The molecular weight excluding hydrogens is 308 g/mol. The van der Waals surface area contributed by atoms with Gasteiger partial charge in [-0.15, -0.1) is 12.4 Å². The van der Waals surface area contributed by atoms with Crippen LogP contribution < -0.4 is 5.32 Å². The maximum atomic E-state index is 13.3. The van der Waals surface area contributed by atoms with Gasteiger partial charge in [0, 0.05) is 24.5 Å². The molecule has 2 bridgehead atoms. The van der Waals surface area contributed by atoms with Gasteiger partial charge in [0.15, 0.2) is 0 Å². The fourth-order valence-corrected chi connectivity index (χ4v) is 4.01. The fourth-order valence-electron chi connectivity index (χ4n) is 4.01. The Labute approximate surface area is 146 Å². The van der Waals surface area contributed by atoms with E-state index < -0.39 is 0 Å². The average molecular weight is 337 g/mol. The molecule has 2 aliphatic heterocycles. The van der Waals surface area contributed by atoms with Crippen molar-refractivity contribution in [3.05, 3.63) is 35.9 Å². The molecule has 1 N–H and O–H groups in total. The Morgan fingerprint density at radius 3 is 2.57 bits per heavy atom. The molecule has 3 rings (SSSR count). The second-order valence-corrected chi connectivity index (χ2v) is 7.16. The number of carbonyl (C=O) groups is 1. The summed E-state index contributed by atoms with van der Waals surface area (Å²) < 4.78 is 0. The highest BCUT2D eigenvalue weighted by Crippen LogP contribution is 2.32. The van der Waals surface area contributed by atoms with Crippen molar-refractivity contribution in [1.29, 1.82) is 0 Å². The van der Waals surface area contributed by atoms with E-state index in [1.807, 2.05) is 6.07 Å². The summed E-state index contributed by atoms with van der Waals surface area (Å²) in [5.74, 6) is 0.863. The van der Waals surface area contributed by atoms with Crippen LogP contribution in [-0.2, 0) is 11.2 Å². The minimum Gasteiger partial charge on any atom is -0.335 e. The van der Waals surface area contributed by atoms with Gasteiger partial charge in [-0.25, -0.2) is 0 Å². The summed E-state index contributed by atoms with van der Waals surface area (Å²) in [7, 11) is 0. The molecule has 2 fully saturated rings. The third-order valence-electron chi connectivity index (χ3n) is 5.33. The van der Waals surface area contributed by atoms with Gasteiger partial charge in [-0.2, -0.15) is 0 Å². The number of nitrogens with one attached hydrogen (secondary N) is 1. The molecule has 0 aliphatic carbocycles. The summed E-state index contributed by atoms with van der Waals surface area (Å²) in [5, 5.41) is 3.49. The Bertz CT molecular complexity index is 491. The molecule has 2 aliphatic rings. The summed E-state index contributed by atoms with van der Waals surface area (Å²) in [4.78, 5) is 15.5. The van der Waals surface area contributed by atoms with Gasteiger partial charge in [0.05, 0.1) is 0 Å². The van der Waals surface area contributed by atoms with Crippen molar-refractivity contribution in [2.45, 2.75) is 51.6 Å². The van der Waals surface area contributed by atoms with Crippen molar-refractivity contribution < 1.29 is 4.79 Å². The van der Waals surface area contributed by atoms with Gasteiger partial charge >= 0.3 is 0 Å². The molecular formula is C19H29ClN2O. The van der Waals surface area contributed by atoms with E-state index in [0.29, 0.717) is 23.9 Å². The van der Waals surface area contributed by atoms with Crippen LogP contribution in [0.4, 0.5) is 0 Å². The number of hydrogen-bond donors (Lipinski definition) is 1. The van der Waals surface area contributed by atoms with Crippen LogP contribution >= 0.6 is 12.4 Å². The molecule has 0 saturated carbocycles. The fraction of sp³-hybridized carbons (Fsp3) is 0.632. The molecule has 3 nitrogen and oxygen atoms in total. The molecule has 1 aromatic carbocycles. The van der Waals surface area contributed by atoms with Crippen molar-refractivity contribution in [2.75, 3.05) is 13.1 Å². The highest BCUT2D eigenvalue weighted by Gasteiger charge is 2.40. The van der Waals surface area contributed by atoms with E-state index in [9.17, 15) is 4.79 Å². The van der Waals surface area contributed by atoms with E-state index in [1.54, 1.807) is 0 Å². The number of nitrogens with zero attached hydrogens (tertiary/aromatic N) is 1. The van der Waals surface area contributed by atoms with Crippen molar-refractivity contribution in [2.24, 2.45) is 11.8 Å². The summed E-state index contributed by atoms with van der Waals surface area (Å²) in [6, 6.07) is 11.3.